The van der Waals surface area contributed by atoms with Gasteiger partial charge in [-0.05, 0) is 34.4 Å². The minimum absolute atomic E-state index is 0.00646. The van der Waals surface area contributed by atoms with Gasteiger partial charge in [0.05, 0.1) is 0 Å². The van der Waals surface area contributed by atoms with E-state index in [0.717, 1.165) is 11.1 Å². The Morgan fingerprint density at radius 1 is 1.00 bits per heavy atom. The predicted octanol–water partition coefficient (Wildman–Crippen LogP) is 4.81. The number of alkyl carbamates (subject to hydrolysis) is 1. The SMILES string of the molecule is O=C(NCCC#Cc1c(O)cccc1F)OCC1c2ccccc2-c2ccccc21. The molecule has 0 fully saturated rings. The summed E-state index contributed by atoms with van der Waals surface area (Å²) < 4.78 is 19.0. The molecule has 3 aromatic rings. The van der Waals surface area contributed by atoms with Crippen molar-refractivity contribution in [3.63, 3.8) is 0 Å². The number of carbonyl (C=O) groups excluding carboxylic acids is 1. The van der Waals surface area contributed by atoms with Gasteiger partial charge < -0.3 is 15.2 Å². The summed E-state index contributed by atoms with van der Waals surface area (Å²) in [5, 5.41) is 12.3. The number of rotatable bonds is 4. The van der Waals surface area contributed by atoms with Crippen LogP contribution in [-0.2, 0) is 4.74 Å². The van der Waals surface area contributed by atoms with Crippen LogP contribution in [0.25, 0.3) is 11.1 Å². The molecule has 30 heavy (non-hydrogen) atoms. The molecule has 150 valence electrons. The average Bonchev–Trinajstić information content (AvgIpc) is 3.08. The Kier molecular flexibility index (Phi) is 5.67. The molecule has 0 atom stereocenters. The predicted molar refractivity (Wildman–Crippen MR) is 113 cm³/mol. The lowest BCUT2D eigenvalue weighted by atomic mass is 9.98. The van der Waals surface area contributed by atoms with Crippen molar-refractivity contribution in [3.05, 3.63) is 89.2 Å². The lowest BCUT2D eigenvalue weighted by Crippen LogP contribution is -2.26. The molecule has 0 heterocycles. The van der Waals surface area contributed by atoms with Crippen molar-refractivity contribution < 1.29 is 19.0 Å². The van der Waals surface area contributed by atoms with Crippen molar-refractivity contribution in [1.82, 2.24) is 5.32 Å². The molecule has 1 aliphatic rings. The number of benzene rings is 3. The van der Waals surface area contributed by atoms with Crippen molar-refractivity contribution in [2.75, 3.05) is 13.2 Å². The van der Waals surface area contributed by atoms with Gasteiger partial charge in [0.25, 0.3) is 0 Å². The van der Waals surface area contributed by atoms with Crippen molar-refractivity contribution >= 4 is 6.09 Å². The fourth-order valence-electron chi connectivity index (χ4n) is 3.66. The number of aromatic hydroxyl groups is 1. The smallest absolute Gasteiger partial charge is 0.407 e. The number of hydrogen-bond donors (Lipinski definition) is 2. The zero-order valence-electron chi connectivity index (χ0n) is 16.2. The lowest BCUT2D eigenvalue weighted by molar-refractivity contribution is 0.143. The maximum atomic E-state index is 13.6. The van der Waals surface area contributed by atoms with Crippen LogP contribution in [0.2, 0.25) is 0 Å². The third-order valence-electron chi connectivity index (χ3n) is 5.07. The van der Waals surface area contributed by atoms with Crippen LogP contribution in [0.1, 0.15) is 29.0 Å². The molecule has 1 amide bonds. The second-order valence-corrected chi connectivity index (χ2v) is 6.94. The topological polar surface area (TPSA) is 58.6 Å². The number of hydrogen-bond acceptors (Lipinski definition) is 3. The molecule has 0 spiro atoms. The number of phenolic OH excluding ortho intramolecular Hbond substituents is 1. The van der Waals surface area contributed by atoms with Gasteiger partial charge in [0.1, 0.15) is 23.7 Å². The number of halogens is 1. The molecule has 0 radical (unpaired) electrons. The Balaban J connectivity index is 1.31. The quantitative estimate of drug-likeness (QED) is 0.487. The second kappa shape index (κ2) is 8.71. The van der Waals surface area contributed by atoms with Gasteiger partial charge in [-0.1, -0.05) is 66.4 Å². The molecule has 0 unspecified atom stereocenters. The van der Waals surface area contributed by atoms with Crippen LogP contribution < -0.4 is 5.32 Å². The summed E-state index contributed by atoms with van der Waals surface area (Å²) in [4.78, 5) is 12.1. The standard InChI is InChI=1S/C25H20FNO3/c26-23-13-7-14-24(28)21(23)12-5-6-15-27-25(29)30-16-22-19-10-3-1-8-17(19)18-9-2-4-11-20(18)22/h1-4,7-11,13-14,22,28H,6,15-16H2,(H,27,29). The van der Waals surface area contributed by atoms with Crippen LogP contribution in [0.5, 0.6) is 5.75 Å². The van der Waals surface area contributed by atoms with Gasteiger partial charge in [-0.15, -0.1) is 0 Å². The number of carbonyl (C=O) groups is 1. The monoisotopic (exact) mass is 401 g/mol. The van der Waals surface area contributed by atoms with Crippen LogP contribution in [0.15, 0.2) is 66.7 Å². The zero-order valence-corrected chi connectivity index (χ0v) is 16.2. The number of nitrogens with one attached hydrogen (secondary N) is 1. The highest BCUT2D eigenvalue weighted by molar-refractivity contribution is 5.79. The number of ether oxygens (including phenoxy) is 1. The minimum atomic E-state index is -0.577. The molecule has 0 aromatic heterocycles. The Hall–Kier alpha value is -3.78. The molecule has 0 saturated heterocycles. The maximum absolute atomic E-state index is 13.6. The van der Waals surface area contributed by atoms with Crippen LogP contribution in [-0.4, -0.2) is 24.4 Å². The molecule has 4 rings (SSSR count). The first-order chi connectivity index (χ1) is 14.6. The maximum Gasteiger partial charge on any atom is 0.407 e. The summed E-state index contributed by atoms with van der Waals surface area (Å²) in [6.45, 7) is 0.507. The Bertz CT molecular complexity index is 1080. The molecule has 0 bridgehead atoms. The van der Waals surface area contributed by atoms with Crippen LogP contribution in [0, 0.1) is 17.7 Å². The van der Waals surface area contributed by atoms with E-state index in [1.165, 1.54) is 29.3 Å². The Labute approximate surface area is 174 Å². The van der Waals surface area contributed by atoms with Crippen molar-refractivity contribution in [2.24, 2.45) is 0 Å². The van der Waals surface area contributed by atoms with E-state index in [4.69, 9.17) is 4.74 Å². The second-order valence-electron chi connectivity index (χ2n) is 6.94. The van der Waals surface area contributed by atoms with Crippen LogP contribution >= 0.6 is 0 Å². The normalized spacial score (nSPS) is 11.8. The molecule has 1 aliphatic carbocycles. The molecular formula is C25H20FNO3. The fraction of sp³-hybridized carbons (Fsp3) is 0.160. The van der Waals surface area contributed by atoms with E-state index in [9.17, 15) is 14.3 Å². The van der Waals surface area contributed by atoms with Gasteiger partial charge in [0, 0.05) is 18.9 Å². The number of amides is 1. The molecule has 0 aliphatic heterocycles. The summed E-state index contributed by atoms with van der Waals surface area (Å²) in [5.74, 6) is 4.56. The van der Waals surface area contributed by atoms with Gasteiger partial charge in [-0.2, -0.15) is 0 Å². The molecular weight excluding hydrogens is 381 g/mol. The minimum Gasteiger partial charge on any atom is -0.507 e. The summed E-state index contributed by atoms with van der Waals surface area (Å²) >= 11 is 0. The van der Waals surface area contributed by atoms with Crippen LogP contribution in [0.4, 0.5) is 9.18 Å². The van der Waals surface area contributed by atoms with E-state index in [0.29, 0.717) is 6.42 Å². The van der Waals surface area contributed by atoms with Crippen LogP contribution in [0.3, 0.4) is 0 Å². The Morgan fingerprint density at radius 2 is 1.67 bits per heavy atom. The van der Waals surface area contributed by atoms with Crippen molar-refractivity contribution in [2.45, 2.75) is 12.3 Å². The highest BCUT2D eigenvalue weighted by atomic mass is 19.1. The summed E-state index contributed by atoms with van der Waals surface area (Å²) in [6, 6.07) is 20.3. The number of fused-ring (bicyclic) bond motifs is 3. The van der Waals surface area contributed by atoms with Gasteiger partial charge in [-0.25, -0.2) is 9.18 Å². The fourth-order valence-corrected chi connectivity index (χ4v) is 3.66. The molecule has 0 saturated carbocycles. The van der Waals surface area contributed by atoms with E-state index in [1.54, 1.807) is 0 Å². The highest BCUT2D eigenvalue weighted by Crippen LogP contribution is 2.44. The van der Waals surface area contributed by atoms with E-state index in [-0.39, 0.29) is 30.4 Å². The van der Waals surface area contributed by atoms with Gasteiger partial charge in [0.15, 0.2) is 0 Å². The summed E-state index contributed by atoms with van der Waals surface area (Å²) in [6.07, 6.45) is -0.217. The Morgan fingerprint density at radius 3 is 2.33 bits per heavy atom. The third-order valence-corrected chi connectivity index (χ3v) is 5.07. The largest absolute Gasteiger partial charge is 0.507 e. The van der Waals surface area contributed by atoms with Gasteiger partial charge >= 0.3 is 6.09 Å². The lowest BCUT2D eigenvalue weighted by Gasteiger charge is -2.14. The average molecular weight is 401 g/mol. The van der Waals surface area contributed by atoms with E-state index >= 15 is 0 Å². The zero-order chi connectivity index (χ0) is 20.9. The molecule has 5 heteroatoms. The van der Waals surface area contributed by atoms with E-state index in [1.807, 2.05) is 24.3 Å². The van der Waals surface area contributed by atoms with Gasteiger partial charge in [-0.3, -0.25) is 0 Å². The summed E-state index contributed by atoms with van der Waals surface area (Å²) in [7, 11) is 0. The van der Waals surface area contributed by atoms with Crippen molar-refractivity contribution in [1.29, 1.82) is 0 Å². The first kappa shape index (κ1) is 19.5. The summed E-state index contributed by atoms with van der Waals surface area (Å²) in [5.41, 5.74) is 4.62. The third kappa shape index (κ3) is 3.99. The first-order valence-corrected chi connectivity index (χ1v) is 9.70. The van der Waals surface area contributed by atoms with Gasteiger partial charge in [0.2, 0.25) is 0 Å². The van der Waals surface area contributed by atoms with E-state index in [2.05, 4.69) is 41.4 Å². The molecule has 2 N–H and O–H groups in total. The number of phenols is 1. The van der Waals surface area contributed by atoms with Crippen molar-refractivity contribution in [3.8, 4) is 28.7 Å². The molecule has 3 aromatic carbocycles. The first-order valence-electron chi connectivity index (χ1n) is 9.70. The highest BCUT2D eigenvalue weighted by Gasteiger charge is 2.28. The molecule has 4 nitrogen and oxygen atoms in total. The van der Waals surface area contributed by atoms with E-state index < -0.39 is 11.9 Å².